The van der Waals surface area contributed by atoms with E-state index in [0.29, 0.717) is 36.6 Å². The van der Waals surface area contributed by atoms with E-state index >= 15 is 0 Å². The molecular weight excluding hydrogens is 259 g/mol. The number of aromatic nitrogens is 2. The number of hydrogen-bond donors (Lipinski definition) is 1. The first kappa shape index (κ1) is 14.0. The van der Waals surface area contributed by atoms with E-state index in [4.69, 9.17) is 10.5 Å². The molecule has 5 nitrogen and oxygen atoms in total. The van der Waals surface area contributed by atoms with Gasteiger partial charge in [0.1, 0.15) is 23.3 Å². The van der Waals surface area contributed by atoms with Gasteiger partial charge in [-0.05, 0) is 17.7 Å². The minimum atomic E-state index is -0.312. The third kappa shape index (κ3) is 2.95. The molecule has 2 N–H and O–H groups in total. The van der Waals surface area contributed by atoms with Crippen LogP contribution in [0.2, 0.25) is 0 Å². The summed E-state index contributed by atoms with van der Waals surface area (Å²) in [6.07, 6.45) is 0.366. The molecule has 0 radical (unpaired) electrons. The Morgan fingerprint density at radius 3 is 2.95 bits per heavy atom. The van der Waals surface area contributed by atoms with E-state index < -0.39 is 0 Å². The third-order valence-electron chi connectivity index (χ3n) is 2.94. The molecule has 0 bridgehead atoms. The summed E-state index contributed by atoms with van der Waals surface area (Å²) in [4.78, 5) is 0. The van der Waals surface area contributed by atoms with Gasteiger partial charge in [0.2, 0.25) is 0 Å². The number of benzene rings is 1. The number of nitrogens with two attached hydrogens (primary N) is 1. The Morgan fingerprint density at radius 1 is 1.50 bits per heavy atom. The zero-order chi connectivity index (χ0) is 14.5. The summed E-state index contributed by atoms with van der Waals surface area (Å²) in [5, 5.41) is 13.5. The lowest BCUT2D eigenvalue weighted by atomic mass is 10.1. The molecule has 1 aromatic carbocycles. The van der Waals surface area contributed by atoms with Gasteiger partial charge in [0.25, 0.3) is 0 Å². The number of anilines is 1. The van der Waals surface area contributed by atoms with Crippen molar-refractivity contribution in [3.05, 3.63) is 46.9 Å². The molecule has 2 aromatic rings. The van der Waals surface area contributed by atoms with Gasteiger partial charge in [0.05, 0.1) is 18.8 Å². The van der Waals surface area contributed by atoms with Crippen LogP contribution in [0.4, 0.5) is 10.2 Å². The van der Waals surface area contributed by atoms with E-state index in [2.05, 4.69) is 11.2 Å². The molecule has 1 heterocycles. The molecule has 1 aromatic heterocycles. The Bertz CT molecular complexity index is 645. The van der Waals surface area contributed by atoms with E-state index in [-0.39, 0.29) is 5.82 Å². The van der Waals surface area contributed by atoms with Gasteiger partial charge in [0.15, 0.2) is 0 Å². The van der Waals surface area contributed by atoms with Crippen LogP contribution in [0.15, 0.2) is 24.3 Å². The molecule has 0 aliphatic rings. The molecule has 2 rings (SSSR count). The van der Waals surface area contributed by atoms with Crippen LogP contribution in [-0.2, 0) is 17.7 Å². The van der Waals surface area contributed by atoms with E-state index in [1.807, 2.05) is 0 Å². The van der Waals surface area contributed by atoms with E-state index in [1.165, 1.54) is 16.8 Å². The van der Waals surface area contributed by atoms with Crippen molar-refractivity contribution < 1.29 is 9.13 Å². The molecular formula is C14H15FN4O. The number of hydrogen-bond acceptors (Lipinski definition) is 4. The fourth-order valence-corrected chi connectivity index (χ4v) is 1.96. The fraction of sp³-hybridized carbons (Fsp3) is 0.286. The molecule has 0 aliphatic heterocycles. The number of nitrogens with zero attached hydrogens (tertiary/aromatic N) is 3. The van der Waals surface area contributed by atoms with Crippen molar-refractivity contribution in [3.8, 4) is 6.07 Å². The topological polar surface area (TPSA) is 76.9 Å². The first-order valence-corrected chi connectivity index (χ1v) is 6.14. The third-order valence-corrected chi connectivity index (χ3v) is 2.94. The van der Waals surface area contributed by atoms with E-state index in [0.717, 1.165) is 5.56 Å². The zero-order valence-corrected chi connectivity index (χ0v) is 11.1. The van der Waals surface area contributed by atoms with Gasteiger partial charge in [-0.15, -0.1) is 0 Å². The highest BCUT2D eigenvalue weighted by molar-refractivity contribution is 5.53. The lowest BCUT2D eigenvalue weighted by molar-refractivity contribution is 0.184. The van der Waals surface area contributed by atoms with Crippen LogP contribution in [0.1, 0.15) is 16.8 Å². The molecule has 0 fully saturated rings. The predicted molar refractivity (Wildman–Crippen MR) is 72.4 cm³/mol. The van der Waals surface area contributed by atoms with Crippen LogP contribution in [0.3, 0.4) is 0 Å². The van der Waals surface area contributed by atoms with Gasteiger partial charge in [-0.1, -0.05) is 12.1 Å². The molecule has 0 saturated carbocycles. The highest BCUT2D eigenvalue weighted by Crippen LogP contribution is 2.19. The van der Waals surface area contributed by atoms with Crippen molar-refractivity contribution in [2.24, 2.45) is 0 Å². The van der Waals surface area contributed by atoms with E-state index in [1.54, 1.807) is 19.2 Å². The Morgan fingerprint density at radius 2 is 2.30 bits per heavy atom. The molecule has 0 unspecified atom stereocenters. The van der Waals surface area contributed by atoms with Crippen molar-refractivity contribution >= 4 is 5.82 Å². The summed E-state index contributed by atoms with van der Waals surface area (Å²) in [5.74, 6) is 0.00347. The summed E-state index contributed by atoms with van der Waals surface area (Å²) in [6.45, 7) is 0.927. The highest BCUT2D eigenvalue weighted by Gasteiger charge is 2.15. The zero-order valence-electron chi connectivity index (χ0n) is 11.1. The van der Waals surface area contributed by atoms with Crippen LogP contribution in [-0.4, -0.2) is 23.5 Å². The number of rotatable bonds is 5. The molecule has 0 amide bonds. The van der Waals surface area contributed by atoms with Crippen LogP contribution < -0.4 is 5.73 Å². The van der Waals surface area contributed by atoms with Crippen molar-refractivity contribution in [1.82, 2.24) is 9.78 Å². The first-order chi connectivity index (χ1) is 9.65. The molecule has 0 aliphatic carbocycles. The summed E-state index contributed by atoms with van der Waals surface area (Å²) in [7, 11) is 1.58. The molecule has 20 heavy (non-hydrogen) atoms. The summed E-state index contributed by atoms with van der Waals surface area (Å²) in [5.41, 5.74) is 7.52. The van der Waals surface area contributed by atoms with Gasteiger partial charge in [0, 0.05) is 13.5 Å². The Labute approximate surface area is 116 Å². The van der Waals surface area contributed by atoms with Crippen molar-refractivity contribution in [1.29, 1.82) is 5.26 Å². The average Bonchev–Trinajstić information content (AvgIpc) is 2.72. The maximum Gasteiger partial charge on any atom is 0.140 e. The summed E-state index contributed by atoms with van der Waals surface area (Å²) < 4.78 is 19.7. The van der Waals surface area contributed by atoms with Gasteiger partial charge >= 0.3 is 0 Å². The summed E-state index contributed by atoms with van der Waals surface area (Å²) in [6, 6.07) is 8.26. The highest BCUT2D eigenvalue weighted by atomic mass is 19.1. The van der Waals surface area contributed by atoms with Crippen molar-refractivity contribution in [2.45, 2.75) is 13.0 Å². The van der Waals surface area contributed by atoms with Crippen molar-refractivity contribution in [3.63, 3.8) is 0 Å². The Hall–Kier alpha value is -2.39. The molecule has 0 saturated heterocycles. The lowest BCUT2D eigenvalue weighted by Gasteiger charge is -2.01. The lowest BCUT2D eigenvalue weighted by Crippen LogP contribution is -2.09. The standard InChI is InChI=1S/C14H15FN4O/c1-20-6-5-19-14(17)12(9-16)13(18-19)8-10-3-2-4-11(15)7-10/h2-4,7H,5-6,8,17H2,1H3. The van der Waals surface area contributed by atoms with Gasteiger partial charge in [-0.25, -0.2) is 9.07 Å². The van der Waals surface area contributed by atoms with Crippen LogP contribution >= 0.6 is 0 Å². The van der Waals surface area contributed by atoms with Gasteiger partial charge in [-0.3, -0.25) is 0 Å². The van der Waals surface area contributed by atoms with Crippen LogP contribution in [0.5, 0.6) is 0 Å². The predicted octanol–water partition coefficient (Wildman–Crippen LogP) is 1.71. The normalized spacial score (nSPS) is 10.4. The number of halogens is 1. The molecule has 0 atom stereocenters. The minimum absolute atomic E-state index is 0.312. The fourth-order valence-electron chi connectivity index (χ4n) is 1.96. The number of nitrogen functional groups attached to an aromatic ring is 1. The second-order valence-electron chi connectivity index (χ2n) is 4.34. The maximum absolute atomic E-state index is 13.2. The minimum Gasteiger partial charge on any atom is -0.383 e. The monoisotopic (exact) mass is 274 g/mol. The molecule has 6 heteroatoms. The molecule has 0 spiro atoms. The average molecular weight is 274 g/mol. The maximum atomic E-state index is 13.2. The van der Waals surface area contributed by atoms with E-state index in [9.17, 15) is 9.65 Å². The molecule has 104 valence electrons. The first-order valence-electron chi connectivity index (χ1n) is 6.14. The quantitative estimate of drug-likeness (QED) is 0.900. The number of nitriles is 1. The Kier molecular flexibility index (Phi) is 4.33. The van der Waals surface area contributed by atoms with Gasteiger partial charge < -0.3 is 10.5 Å². The van der Waals surface area contributed by atoms with Crippen LogP contribution in [0.25, 0.3) is 0 Å². The van der Waals surface area contributed by atoms with Crippen molar-refractivity contribution in [2.75, 3.05) is 19.5 Å². The van der Waals surface area contributed by atoms with Gasteiger partial charge in [-0.2, -0.15) is 10.4 Å². The number of ether oxygens (including phenoxy) is 1. The second-order valence-corrected chi connectivity index (χ2v) is 4.34. The smallest absolute Gasteiger partial charge is 0.140 e. The second kappa shape index (κ2) is 6.17. The number of methoxy groups -OCH3 is 1. The Balaban J connectivity index is 2.29. The SMILES string of the molecule is COCCn1nc(Cc2cccc(F)c2)c(C#N)c1N. The summed E-state index contributed by atoms with van der Waals surface area (Å²) >= 11 is 0. The largest absolute Gasteiger partial charge is 0.383 e. The van der Waals surface area contributed by atoms with Crippen LogP contribution in [0, 0.1) is 17.1 Å².